The van der Waals surface area contributed by atoms with Gasteiger partial charge in [-0.2, -0.15) is 114 Å². The maximum atomic E-state index is 16.3. The Morgan fingerprint density at radius 1 is 0.303 bits per heavy atom. The van der Waals surface area contributed by atoms with E-state index < -0.39 is 123 Å². The zero-order valence-corrected chi connectivity index (χ0v) is 37.2. The van der Waals surface area contributed by atoms with Crippen LogP contribution in [0.15, 0.2) is 140 Å². The molecule has 0 heterocycles. The molecular weight excluding hydrogens is 1120 g/mol. The van der Waals surface area contributed by atoms with Crippen LogP contribution < -0.4 is 0 Å². The molecule has 0 saturated carbocycles. The van der Waals surface area contributed by atoms with Gasteiger partial charge < -0.3 is 0 Å². The first-order valence-electron chi connectivity index (χ1n) is 20.7. The number of fused-ring (bicyclic) bond motifs is 3. The number of hydrogen-bond acceptors (Lipinski definition) is 0. The van der Waals surface area contributed by atoms with Crippen LogP contribution in [0.2, 0.25) is 5.02 Å². The summed E-state index contributed by atoms with van der Waals surface area (Å²) in [6, 6.07) is 23.3. The second-order valence-electron chi connectivity index (χ2n) is 17.0. The molecule has 0 spiro atoms. The van der Waals surface area contributed by atoms with Gasteiger partial charge in [-0.1, -0.05) is 121 Å². The molecule has 6 aromatic rings. The summed E-state index contributed by atoms with van der Waals surface area (Å²) in [7, 11) is 0. The predicted octanol–water partition coefficient (Wildman–Crippen LogP) is 18.4. The average Bonchev–Trinajstić information content (AvgIpc) is 3.65. The van der Waals surface area contributed by atoms with Gasteiger partial charge in [-0.3, -0.25) is 0 Å². The summed E-state index contributed by atoms with van der Waals surface area (Å²) in [5.41, 5.74) is -12.3. The maximum Gasteiger partial charge on any atom is 0.460 e. The summed E-state index contributed by atoms with van der Waals surface area (Å²) in [5, 5.41) is 0.0772. The number of rotatable bonds is 14. The van der Waals surface area contributed by atoms with E-state index in [9.17, 15) is 61.5 Å². The van der Waals surface area contributed by atoms with Crippen LogP contribution in [0.3, 0.4) is 0 Å². The first-order valence-corrected chi connectivity index (χ1v) is 21.1. The highest BCUT2D eigenvalue weighted by Crippen LogP contribution is 2.66. The Morgan fingerprint density at radius 3 is 1.05 bits per heavy atom. The Kier molecular flexibility index (Phi) is 13.4. The van der Waals surface area contributed by atoms with Gasteiger partial charge in [-0.25, -0.2) is 0 Å². The van der Waals surface area contributed by atoms with Gasteiger partial charge in [0.2, 0.25) is 0 Å². The molecule has 7 rings (SSSR count). The third-order valence-corrected chi connectivity index (χ3v) is 12.8. The fourth-order valence-corrected chi connectivity index (χ4v) is 8.86. The van der Waals surface area contributed by atoms with Gasteiger partial charge in [0.1, 0.15) is 0 Å². The van der Waals surface area contributed by atoms with E-state index in [1.807, 2.05) is 0 Å². The van der Waals surface area contributed by atoms with Crippen molar-refractivity contribution in [3.8, 4) is 33.4 Å². The Labute approximate surface area is 413 Å². The lowest BCUT2D eigenvalue weighted by Crippen LogP contribution is -2.69. The Balaban J connectivity index is 1.65. The van der Waals surface area contributed by atoms with Crippen molar-refractivity contribution in [3.63, 3.8) is 0 Å². The molecular formula is C49H23ClF26. The number of alkyl halides is 26. The monoisotopic (exact) mass is 1140 g/mol. The van der Waals surface area contributed by atoms with E-state index in [0.717, 1.165) is 6.07 Å². The zero-order valence-electron chi connectivity index (χ0n) is 36.5. The van der Waals surface area contributed by atoms with Crippen LogP contribution >= 0.6 is 11.6 Å². The van der Waals surface area contributed by atoms with E-state index in [0.29, 0.717) is 6.07 Å². The van der Waals surface area contributed by atoms with Gasteiger partial charge in [0.05, 0.1) is 5.41 Å². The smallest absolute Gasteiger partial charge is 0.194 e. The summed E-state index contributed by atoms with van der Waals surface area (Å²) in [4.78, 5) is 0. The molecule has 0 aromatic heterocycles. The van der Waals surface area contributed by atoms with Crippen molar-refractivity contribution in [1.29, 1.82) is 0 Å². The number of halogens is 27. The molecule has 0 aliphatic heterocycles. The van der Waals surface area contributed by atoms with Gasteiger partial charge in [0, 0.05) is 16.1 Å². The van der Waals surface area contributed by atoms with E-state index in [2.05, 4.69) is 0 Å². The minimum Gasteiger partial charge on any atom is -0.194 e. The molecule has 0 bridgehead atoms. The minimum atomic E-state index is -8.76. The highest BCUT2D eigenvalue weighted by molar-refractivity contribution is 6.30. The van der Waals surface area contributed by atoms with Crippen molar-refractivity contribution < 1.29 is 114 Å². The van der Waals surface area contributed by atoms with Gasteiger partial charge >= 0.3 is 71.6 Å². The van der Waals surface area contributed by atoms with E-state index in [-0.39, 0.29) is 44.0 Å². The molecule has 1 aliphatic carbocycles. The topological polar surface area (TPSA) is 0 Å². The minimum absolute atomic E-state index is 0.00985. The molecule has 0 fully saturated rings. The second-order valence-corrected chi connectivity index (χ2v) is 17.4. The van der Waals surface area contributed by atoms with Crippen LogP contribution in [-0.2, 0) is 17.3 Å². The van der Waals surface area contributed by atoms with Crippen molar-refractivity contribution in [2.45, 2.75) is 77.0 Å². The molecule has 408 valence electrons. The molecule has 0 unspecified atom stereocenters. The SMILES string of the molecule is FC(F)(F)C(F)(F)C(F)(F)C(F)(F)C(F)(F)C(F)(F)c1cc(-c2ccc(-c3ccc(Cl)cc3)c3c2-c2ccccc2C3(c2ccccc2)c2ccccc2)cc(C(F)(F)C(F)(F)C(F)(F)C(F)(F)C(F)(F)C(F)(F)F)c1. The lowest BCUT2D eigenvalue weighted by atomic mass is 9.66. The lowest BCUT2D eigenvalue weighted by Gasteiger charge is -2.41. The van der Waals surface area contributed by atoms with E-state index in [1.165, 1.54) is 109 Å². The van der Waals surface area contributed by atoms with Crippen LogP contribution in [0, 0.1) is 0 Å². The first-order chi connectivity index (χ1) is 34.5. The highest BCUT2D eigenvalue weighted by atomic mass is 35.5. The van der Waals surface area contributed by atoms with E-state index >= 15 is 52.7 Å². The Morgan fingerprint density at radius 2 is 0.658 bits per heavy atom. The molecule has 0 nitrogen and oxygen atoms in total. The van der Waals surface area contributed by atoms with Crippen molar-refractivity contribution in [2.75, 3.05) is 0 Å². The highest BCUT2D eigenvalue weighted by Gasteiger charge is 2.92. The number of hydrogen-bond donors (Lipinski definition) is 0. The van der Waals surface area contributed by atoms with Gasteiger partial charge in [-0.05, 0) is 86.0 Å². The van der Waals surface area contributed by atoms with Crippen LogP contribution in [0.1, 0.15) is 33.4 Å². The molecule has 0 N–H and O–H groups in total. The Bertz CT molecular complexity index is 3010. The summed E-state index contributed by atoms with van der Waals surface area (Å²) >= 11 is 6.12. The van der Waals surface area contributed by atoms with Gasteiger partial charge in [-0.15, -0.1) is 0 Å². The third kappa shape index (κ3) is 7.73. The van der Waals surface area contributed by atoms with E-state index in [1.54, 1.807) is 0 Å². The average molecular weight is 1140 g/mol. The van der Waals surface area contributed by atoms with Crippen LogP contribution in [0.4, 0.5) is 114 Å². The summed E-state index contributed by atoms with van der Waals surface area (Å²) in [6.45, 7) is 0. The molecule has 1 aliphatic rings. The van der Waals surface area contributed by atoms with Crippen molar-refractivity contribution >= 4 is 11.6 Å². The quantitative estimate of drug-likeness (QED) is 0.0952. The fraction of sp³-hybridized carbons (Fsp3) is 0.265. The number of benzene rings is 6. The molecule has 6 aromatic carbocycles. The Hall–Kier alpha value is -6.21. The van der Waals surface area contributed by atoms with Crippen LogP contribution in [0.5, 0.6) is 0 Å². The predicted molar refractivity (Wildman–Crippen MR) is 219 cm³/mol. The normalized spacial score (nSPS) is 15.4. The largest absolute Gasteiger partial charge is 0.460 e. The van der Waals surface area contributed by atoms with Crippen LogP contribution in [0.25, 0.3) is 33.4 Å². The third-order valence-electron chi connectivity index (χ3n) is 12.6. The molecule has 27 heteroatoms. The van der Waals surface area contributed by atoms with Gasteiger partial charge in [0.15, 0.2) is 0 Å². The van der Waals surface area contributed by atoms with Crippen LogP contribution in [-0.4, -0.2) is 59.7 Å². The maximum absolute atomic E-state index is 16.3. The van der Waals surface area contributed by atoms with Crippen molar-refractivity contribution in [3.05, 3.63) is 178 Å². The van der Waals surface area contributed by atoms with E-state index in [4.69, 9.17) is 11.6 Å². The fourth-order valence-electron chi connectivity index (χ4n) is 8.74. The standard InChI is InChI=1S/C49H23ClF26/c50-30-17-15-24(16-18-30)32-20-19-31(35-33-13-7-8-14-34(33)37(36(32)35,26-9-3-1-4-10-26)27-11-5-2-6-12-27)25-21-28(38(51,52)40(55,56)42(59,60)44(63,64)46(67,68)48(71,72)73)23-29(22-25)39(53,54)41(57,58)43(61,62)45(65,66)47(69,70)49(74,75)76/h1-23H. The lowest BCUT2D eigenvalue weighted by molar-refractivity contribution is -0.442. The molecule has 76 heavy (non-hydrogen) atoms. The molecule has 0 radical (unpaired) electrons. The molecule has 0 saturated heterocycles. The van der Waals surface area contributed by atoms with Crippen molar-refractivity contribution in [1.82, 2.24) is 0 Å². The van der Waals surface area contributed by atoms with Gasteiger partial charge in [0.25, 0.3) is 0 Å². The second kappa shape index (κ2) is 17.7. The summed E-state index contributed by atoms with van der Waals surface area (Å²) in [5.74, 6) is -84.2. The first kappa shape index (κ1) is 57.5. The van der Waals surface area contributed by atoms with Crippen molar-refractivity contribution in [2.24, 2.45) is 0 Å². The summed E-state index contributed by atoms with van der Waals surface area (Å²) in [6.07, 6.45) is -16.0. The summed E-state index contributed by atoms with van der Waals surface area (Å²) < 4.78 is 379. The zero-order chi connectivity index (χ0) is 57.3. The molecule has 0 atom stereocenters. The molecule has 0 amide bonds.